The molecule has 0 N–H and O–H groups in total. The maximum Gasteiger partial charge on any atom is 0.120 e. The van der Waals surface area contributed by atoms with E-state index in [-0.39, 0.29) is 0 Å². The zero-order valence-electron chi connectivity index (χ0n) is 12.2. The third kappa shape index (κ3) is 4.35. The standard InChI is InChI=1S/C16H24N2O/c1-13-7-8-16(17-12-13)14-5-4-6-15(11-14)19-10-9-18(2)3/h4-6,11,13H,7-10,12H2,1-3H3. The normalized spacial score (nSPS) is 19.4. The second-order valence-electron chi connectivity index (χ2n) is 5.61. The molecular weight excluding hydrogens is 236 g/mol. The predicted octanol–water partition coefficient (Wildman–Crippen LogP) is 2.85. The van der Waals surface area contributed by atoms with Crippen LogP contribution in [0.2, 0.25) is 0 Å². The highest BCUT2D eigenvalue weighted by Crippen LogP contribution is 2.20. The molecular formula is C16H24N2O. The minimum Gasteiger partial charge on any atom is -0.492 e. The van der Waals surface area contributed by atoms with Gasteiger partial charge in [0, 0.05) is 18.8 Å². The van der Waals surface area contributed by atoms with Crippen LogP contribution in [-0.2, 0) is 0 Å². The fourth-order valence-electron chi connectivity index (χ4n) is 2.17. The molecule has 2 rings (SSSR count). The molecule has 0 saturated heterocycles. The number of hydrogen-bond acceptors (Lipinski definition) is 3. The van der Waals surface area contributed by atoms with Crippen LogP contribution in [0.5, 0.6) is 5.75 Å². The number of rotatable bonds is 5. The van der Waals surface area contributed by atoms with Gasteiger partial charge in [-0.15, -0.1) is 0 Å². The second kappa shape index (κ2) is 6.71. The predicted molar refractivity (Wildman–Crippen MR) is 80.3 cm³/mol. The average molecular weight is 260 g/mol. The Hall–Kier alpha value is -1.35. The molecule has 0 fully saturated rings. The lowest BCUT2D eigenvalue weighted by molar-refractivity contribution is 0.261. The molecule has 1 aliphatic heterocycles. The van der Waals surface area contributed by atoms with E-state index in [0.29, 0.717) is 0 Å². The van der Waals surface area contributed by atoms with Gasteiger partial charge >= 0.3 is 0 Å². The summed E-state index contributed by atoms with van der Waals surface area (Å²) >= 11 is 0. The summed E-state index contributed by atoms with van der Waals surface area (Å²) in [6, 6.07) is 8.32. The van der Waals surface area contributed by atoms with Crippen molar-refractivity contribution in [2.45, 2.75) is 19.8 Å². The number of ether oxygens (including phenoxy) is 1. The van der Waals surface area contributed by atoms with Crippen LogP contribution in [0, 0.1) is 5.92 Å². The number of likely N-dealkylation sites (N-methyl/N-ethyl adjacent to an activating group) is 1. The first-order valence-corrected chi connectivity index (χ1v) is 7.06. The van der Waals surface area contributed by atoms with Gasteiger partial charge in [0.2, 0.25) is 0 Å². The van der Waals surface area contributed by atoms with E-state index in [2.05, 4.69) is 49.1 Å². The minimum atomic E-state index is 0.722. The summed E-state index contributed by atoms with van der Waals surface area (Å²) in [6.07, 6.45) is 2.33. The first kappa shape index (κ1) is 14.1. The number of hydrogen-bond donors (Lipinski definition) is 0. The average Bonchev–Trinajstić information content (AvgIpc) is 2.39. The Morgan fingerprint density at radius 2 is 2.21 bits per heavy atom. The number of nitrogens with zero attached hydrogens (tertiary/aromatic N) is 2. The van der Waals surface area contributed by atoms with Crippen molar-refractivity contribution in [1.29, 1.82) is 0 Å². The summed E-state index contributed by atoms with van der Waals surface area (Å²) < 4.78 is 5.77. The monoisotopic (exact) mass is 260 g/mol. The lowest BCUT2D eigenvalue weighted by atomic mass is 9.96. The molecule has 0 radical (unpaired) electrons. The lowest BCUT2D eigenvalue weighted by Gasteiger charge is -2.18. The van der Waals surface area contributed by atoms with Crippen molar-refractivity contribution in [1.82, 2.24) is 4.90 Å². The van der Waals surface area contributed by atoms with Crippen molar-refractivity contribution in [2.24, 2.45) is 10.9 Å². The van der Waals surface area contributed by atoms with Crippen LogP contribution in [0.1, 0.15) is 25.3 Å². The quantitative estimate of drug-likeness (QED) is 0.813. The minimum absolute atomic E-state index is 0.722. The van der Waals surface area contributed by atoms with Crippen LogP contribution in [0.3, 0.4) is 0 Å². The Bertz CT molecular complexity index is 440. The first-order chi connectivity index (χ1) is 9.15. The fraction of sp³-hybridized carbons (Fsp3) is 0.562. The van der Waals surface area contributed by atoms with Gasteiger partial charge in [-0.3, -0.25) is 4.99 Å². The molecule has 0 aromatic heterocycles. The molecule has 0 aliphatic carbocycles. The van der Waals surface area contributed by atoms with Crippen LogP contribution < -0.4 is 4.74 Å². The Labute approximate surface area is 116 Å². The van der Waals surface area contributed by atoms with Crippen molar-refractivity contribution in [3.63, 3.8) is 0 Å². The van der Waals surface area contributed by atoms with E-state index in [0.717, 1.165) is 37.8 Å². The van der Waals surface area contributed by atoms with E-state index in [1.54, 1.807) is 0 Å². The van der Waals surface area contributed by atoms with E-state index in [1.807, 2.05) is 6.07 Å². The summed E-state index contributed by atoms with van der Waals surface area (Å²) in [5.74, 6) is 1.67. The molecule has 0 amide bonds. The Kier molecular flexibility index (Phi) is 4.97. The number of aliphatic imine (C=N–C) groups is 1. The molecule has 3 heteroatoms. The molecule has 104 valence electrons. The first-order valence-electron chi connectivity index (χ1n) is 7.06. The molecule has 3 nitrogen and oxygen atoms in total. The van der Waals surface area contributed by atoms with E-state index in [1.165, 1.54) is 17.7 Å². The van der Waals surface area contributed by atoms with Gasteiger partial charge < -0.3 is 9.64 Å². The van der Waals surface area contributed by atoms with Gasteiger partial charge in [0.1, 0.15) is 12.4 Å². The third-order valence-electron chi connectivity index (χ3n) is 3.44. The molecule has 1 aromatic rings. The lowest BCUT2D eigenvalue weighted by Crippen LogP contribution is -2.19. The maximum absolute atomic E-state index is 5.77. The van der Waals surface area contributed by atoms with Crippen molar-refractivity contribution < 1.29 is 4.74 Å². The molecule has 1 unspecified atom stereocenters. The third-order valence-corrected chi connectivity index (χ3v) is 3.44. The summed E-state index contributed by atoms with van der Waals surface area (Å²) in [5, 5.41) is 0. The van der Waals surface area contributed by atoms with Crippen LogP contribution in [-0.4, -0.2) is 44.4 Å². The highest BCUT2D eigenvalue weighted by molar-refractivity contribution is 6.01. The maximum atomic E-state index is 5.77. The summed E-state index contributed by atoms with van der Waals surface area (Å²) in [7, 11) is 4.11. The van der Waals surface area contributed by atoms with Crippen molar-refractivity contribution in [3.8, 4) is 5.75 Å². The highest BCUT2D eigenvalue weighted by atomic mass is 16.5. The van der Waals surface area contributed by atoms with Crippen LogP contribution in [0.4, 0.5) is 0 Å². The number of benzene rings is 1. The topological polar surface area (TPSA) is 24.8 Å². The molecule has 0 saturated carbocycles. The van der Waals surface area contributed by atoms with E-state index in [9.17, 15) is 0 Å². The van der Waals surface area contributed by atoms with Gasteiger partial charge in [0.05, 0.1) is 0 Å². The van der Waals surface area contributed by atoms with Crippen molar-refractivity contribution >= 4 is 5.71 Å². The molecule has 1 aromatic carbocycles. The van der Waals surface area contributed by atoms with Gasteiger partial charge in [-0.1, -0.05) is 19.1 Å². The van der Waals surface area contributed by atoms with Crippen molar-refractivity contribution in [3.05, 3.63) is 29.8 Å². The Morgan fingerprint density at radius 1 is 1.37 bits per heavy atom. The van der Waals surface area contributed by atoms with Gasteiger partial charge in [-0.25, -0.2) is 0 Å². The summed E-state index contributed by atoms with van der Waals surface area (Å²) in [5.41, 5.74) is 2.45. The van der Waals surface area contributed by atoms with Crippen LogP contribution in [0.25, 0.3) is 0 Å². The molecule has 0 spiro atoms. The molecule has 19 heavy (non-hydrogen) atoms. The van der Waals surface area contributed by atoms with Gasteiger partial charge in [-0.05, 0) is 50.6 Å². The Balaban J connectivity index is 1.99. The van der Waals surface area contributed by atoms with Crippen molar-refractivity contribution in [2.75, 3.05) is 33.8 Å². The zero-order chi connectivity index (χ0) is 13.7. The van der Waals surface area contributed by atoms with E-state index in [4.69, 9.17) is 4.74 Å². The second-order valence-corrected chi connectivity index (χ2v) is 5.61. The summed E-state index contributed by atoms with van der Waals surface area (Å²) in [4.78, 5) is 6.80. The highest BCUT2D eigenvalue weighted by Gasteiger charge is 2.13. The molecule has 1 atom stereocenters. The smallest absolute Gasteiger partial charge is 0.120 e. The summed E-state index contributed by atoms with van der Waals surface area (Å²) in [6.45, 7) is 4.88. The zero-order valence-corrected chi connectivity index (χ0v) is 12.2. The molecule has 1 aliphatic rings. The van der Waals surface area contributed by atoms with Crippen LogP contribution >= 0.6 is 0 Å². The van der Waals surface area contributed by atoms with Gasteiger partial charge in [0.25, 0.3) is 0 Å². The SMILES string of the molecule is CC1CCC(c2cccc(OCCN(C)C)c2)=NC1. The fourth-order valence-corrected chi connectivity index (χ4v) is 2.17. The van der Waals surface area contributed by atoms with Gasteiger partial charge in [0.15, 0.2) is 0 Å². The largest absolute Gasteiger partial charge is 0.492 e. The van der Waals surface area contributed by atoms with E-state index < -0.39 is 0 Å². The molecule has 1 heterocycles. The van der Waals surface area contributed by atoms with E-state index >= 15 is 0 Å². The van der Waals surface area contributed by atoms with Crippen LogP contribution in [0.15, 0.2) is 29.3 Å². The molecule has 0 bridgehead atoms. The Morgan fingerprint density at radius 3 is 2.89 bits per heavy atom. The van der Waals surface area contributed by atoms with Gasteiger partial charge in [-0.2, -0.15) is 0 Å².